The molecule has 0 bridgehead atoms. The molecule has 3 rings (SSSR count). The lowest BCUT2D eigenvalue weighted by Gasteiger charge is -2.10. The van der Waals surface area contributed by atoms with Crippen molar-refractivity contribution in [2.24, 2.45) is 0 Å². The number of amides is 1. The molecule has 0 spiro atoms. The first kappa shape index (κ1) is 17.5. The summed E-state index contributed by atoms with van der Waals surface area (Å²) in [7, 11) is 0. The van der Waals surface area contributed by atoms with Gasteiger partial charge in [-0.05, 0) is 30.9 Å². The zero-order chi connectivity index (χ0) is 18.7. The van der Waals surface area contributed by atoms with Gasteiger partial charge in [0.1, 0.15) is 12.3 Å². The first-order valence-electron chi connectivity index (χ1n) is 8.10. The number of hydrogen-bond donors (Lipinski definition) is 1. The maximum absolute atomic E-state index is 12.2. The van der Waals surface area contributed by atoms with Crippen LogP contribution in [0.2, 0.25) is 0 Å². The molecule has 2 heterocycles. The maximum atomic E-state index is 12.2. The van der Waals surface area contributed by atoms with Crippen LogP contribution >= 0.6 is 0 Å². The summed E-state index contributed by atoms with van der Waals surface area (Å²) in [5.74, 6) is 0.609. The Balaban J connectivity index is 1.69. The van der Waals surface area contributed by atoms with Crippen molar-refractivity contribution < 1.29 is 18.9 Å². The van der Waals surface area contributed by atoms with Gasteiger partial charge in [-0.25, -0.2) is 0 Å². The molecular weight excluding hydrogens is 340 g/mol. The molecule has 2 aromatic heterocycles. The molecule has 26 heavy (non-hydrogen) atoms. The predicted molar refractivity (Wildman–Crippen MR) is 92.8 cm³/mol. The molecule has 0 aliphatic carbocycles. The average Bonchev–Trinajstić information content (AvgIpc) is 3.22. The number of nitro groups is 1. The molecule has 0 aliphatic heterocycles. The summed E-state index contributed by atoms with van der Waals surface area (Å²) < 4.78 is 12.6. The van der Waals surface area contributed by atoms with Gasteiger partial charge in [-0.3, -0.25) is 4.79 Å². The Kier molecular flexibility index (Phi) is 4.87. The second-order valence-corrected chi connectivity index (χ2v) is 5.67. The topological polar surface area (TPSA) is 112 Å². The van der Waals surface area contributed by atoms with Gasteiger partial charge < -0.3 is 24.6 Å². The molecule has 0 saturated carbocycles. The monoisotopic (exact) mass is 358 g/mol. The van der Waals surface area contributed by atoms with Gasteiger partial charge in [0.15, 0.2) is 11.3 Å². The Hall–Kier alpha value is -3.36. The summed E-state index contributed by atoms with van der Waals surface area (Å²) in [5, 5.41) is 18.0. The molecule has 0 saturated heterocycles. The number of aromatic nitrogens is 2. The van der Waals surface area contributed by atoms with Gasteiger partial charge in [-0.2, -0.15) is 4.68 Å². The SMILES string of the molecule is CCOc1cccc2cc(C(C)NC(=O)Cn3ccc([N+](=O)[O-])n3)oc12. The predicted octanol–water partition coefficient (Wildman–Crippen LogP) is 2.81. The van der Waals surface area contributed by atoms with E-state index >= 15 is 0 Å². The average molecular weight is 358 g/mol. The smallest absolute Gasteiger partial charge is 0.389 e. The van der Waals surface area contributed by atoms with Crippen LogP contribution in [0.5, 0.6) is 5.75 Å². The number of rotatable bonds is 7. The largest absolute Gasteiger partial charge is 0.490 e. The second kappa shape index (κ2) is 7.26. The molecule has 9 nitrogen and oxygen atoms in total. The number of fused-ring (bicyclic) bond motifs is 1. The fourth-order valence-corrected chi connectivity index (χ4v) is 2.58. The summed E-state index contributed by atoms with van der Waals surface area (Å²) in [4.78, 5) is 22.2. The van der Waals surface area contributed by atoms with Gasteiger partial charge in [0.2, 0.25) is 5.91 Å². The number of nitrogens with zero attached hydrogens (tertiary/aromatic N) is 3. The van der Waals surface area contributed by atoms with Gasteiger partial charge in [-0.15, -0.1) is 0 Å². The fourth-order valence-electron chi connectivity index (χ4n) is 2.58. The standard InChI is InChI=1S/C17H18N4O5/c1-3-25-13-6-4-5-12-9-14(26-17(12)13)11(2)18-16(22)10-20-8-7-15(19-20)21(23)24/h4-9,11H,3,10H2,1-2H3,(H,18,22). The summed E-state index contributed by atoms with van der Waals surface area (Å²) in [6.45, 7) is 4.09. The van der Waals surface area contributed by atoms with Crippen LogP contribution in [0.3, 0.4) is 0 Å². The molecule has 0 radical (unpaired) electrons. The van der Waals surface area contributed by atoms with E-state index in [1.165, 1.54) is 16.9 Å². The van der Waals surface area contributed by atoms with E-state index in [1.807, 2.05) is 31.2 Å². The number of carbonyl (C=O) groups excluding carboxylic acids is 1. The summed E-state index contributed by atoms with van der Waals surface area (Å²) >= 11 is 0. The number of para-hydroxylation sites is 1. The van der Waals surface area contributed by atoms with Gasteiger partial charge in [-0.1, -0.05) is 12.1 Å². The highest BCUT2D eigenvalue weighted by molar-refractivity contribution is 5.84. The van der Waals surface area contributed by atoms with Crippen LogP contribution in [0, 0.1) is 10.1 Å². The highest BCUT2D eigenvalue weighted by Crippen LogP contribution is 2.31. The van der Waals surface area contributed by atoms with Gasteiger partial charge in [0, 0.05) is 5.39 Å². The molecule has 136 valence electrons. The number of furan rings is 1. The van der Waals surface area contributed by atoms with E-state index in [4.69, 9.17) is 9.15 Å². The molecule has 3 aromatic rings. The molecule has 1 unspecified atom stereocenters. The zero-order valence-electron chi connectivity index (χ0n) is 14.3. The third-order valence-electron chi connectivity index (χ3n) is 3.75. The van der Waals surface area contributed by atoms with Crippen molar-refractivity contribution in [3.8, 4) is 5.75 Å². The minimum absolute atomic E-state index is 0.122. The van der Waals surface area contributed by atoms with Crippen molar-refractivity contribution in [2.45, 2.75) is 26.4 Å². The number of ether oxygens (including phenoxy) is 1. The molecule has 9 heteroatoms. The Morgan fingerprint density at radius 2 is 2.27 bits per heavy atom. The van der Waals surface area contributed by atoms with Crippen LogP contribution in [0.25, 0.3) is 11.0 Å². The van der Waals surface area contributed by atoms with Crippen molar-refractivity contribution >= 4 is 22.7 Å². The molecule has 1 atom stereocenters. The molecule has 1 aromatic carbocycles. The molecule has 0 aliphatic rings. The van der Waals surface area contributed by atoms with Crippen LogP contribution in [-0.4, -0.2) is 27.2 Å². The van der Waals surface area contributed by atoms with Crippen molar-refractivity contribution in [3.05, 3.63) is 52.4 Å². The van der Waals surface area contributed by atoms with Crippen LogP contribution < -0.4 is 10.1 Å². The van der Waals surface area contributed by atoms with Crippen LogP contribution in [0.1, 0.15) is 25.6 Å². The minimum atomic E-state index is -0.610. The normalized spacial score (nSPS) is 12.1. The third-order valence-corrected chi connectivity index (χ3v) is 3.75. The van der Waals surface area contributed by atoms with Crippen molar-refractivity contribution in [2.75, 3.05) is 6.61 Å². The highest BCUT2D eigenvalue weighted by Gasteiger charge is 2.18. The Labute approximate surface area is 148 Å². The van der Waals surface area contributed by atoms with Crippen molar-refractivity contribution in [1.29, 1.82) is 0 Å². The highest BCUT2D eigenvalue weighted by atomic mass is 16.6. The van der Waals surface area contributed by atoms with E-state index in [-0.39, 0.29) is 24.3 Å². The molecule has 0 fully saturated rings. The first-order chi connectivity index (χ1) is 12.5. The van der Waals surface area contributed by atoms with E-state index in [2.05, 4.69) is 10.4 Å². The Bertz CT molecular complexity index is 946. The van der Waals surface area contributed by atoms with Gasteiger partial charge in [0.25, 0.3) is 0 Å². The fraction of sp³-hybridized carbons (Fsp3) is 0.294. The van der Waals surface area contributed by atoms with Crippen LogP contribution in [0.4, 0.5) is 5.82 Å². The van der Waals surface area contributed by atoms with Gasteiger partial charge in [0.05, 0.1) is 30.0 Å². The van der Waals surface area contributed by atoms with Crippen molar-refractivity contribution in [3.63, 3.8) is 0 Å². The lowest BCUT2D eigenvalue weighted by molar-refractivity contribution is -0.389. The van der Waals surface area contributed by atoms with Gasteiger partial charge >= 0.3 is 5.82 Å². The quantitative estimate of drug-likeness (QED) is 0.513. The Morgan fingerprint density at radius 1 is 1.46 bits per heavy atom. The molecule has 1 amide bonds. The summed E-state index contributed by atoms with van der Waals surface area (Å²) in [6, 6.07) is 8.32. The van der Waals surface area contributed by atoms with E-state index in [1.54, 1.807) is 6.92 Å². The molecule has 1 N–H and O–H groups in total. The zero-order valence-corrected chi connectivity index (χ0v) is 14.3. The first-order valence-corrected chi connectivity index (χ1v) is 8.10. The number of benzene rings is 1. The summed E-state index contributed by atoms with van der Waals surface area (Å²) in [5.41, 5.74) is 0.633. The number of carbonyl (C=O) groups is 1. The summed E-state index contributed by atoms with van der Waals surface area (Å²) in [6.07, 6.45) is 1.39. The van der Waals surface area contributed by atoms with E-state index < -0.39 is 4.92 Å². The van der Waals surface area contributed by atoms with Crippen LogP contribution in [0.15, 0.2) is 40.9 Å². The number of hydrogen-bond acceptors (Lipinski definition) is 6. The maximum Gasteiger partial charge on any atom is 0.389 e. The lowest BCUT2D eigenvalue weighted by atomic mass is 10.2. The molecular formula is C17H18N4O5. The second-order valence-electron chi connectivity index (χ2n) is 5.67. The van der Waals surface area contributed by atoms with E-state index in [0.717, 1.165) is 5.39 Å². The van der Waals surface area contributed by atoms with Crippen LogP contribution in [-0.2, 0) is 11.3 Å². The minimum Gasteiger partial charge on any atom is -0.490 e. The third kappa shape index (κ3) is 3.66. The lowest BCUT2D eigenvalue weighted by Crippen LogP contribution is -2.30. The Morgan fingerprint density at radius 3 is 2.96 bits per heavy atom. The van der Waals surface area contributed by atoms with E-state index in [9.17, 15) is 14.9 Å². The number of nitrogens with one attached hydrogen (secondary N) is 1. The van der Waals surface area contributed by atoms with Crippen molar-refractivity contribution in [1.82, 2.24) is 15.1 Å². The van der Waals surface area contributed by atoms with E-state index in [0.29, 0.717) is 23.7 Å².